The van der Waals surface area contributed by atoms with Gasteiger partial charge in [0.05, 0.1) is 18.5 Å². The number of rotatable bonds is 6. The lowest BCUT2D eigenvalue weighted by Gasteiger charge is -2.43. The zero-order valence-corrected chi connectivity index (χ0v) is 27.3. The van der Waals surface area contributed by atoms with Gasteiger partial charge in [-0.3, -0.25) is 19.3 Å². The van der Waals surface area contributed by atoms with E-state index in [4.69, 9.17) is 9.72 Å². The van der Waals surface area contributed by atoms with Crippen LogP contribution in [0.1, 0.15) is 48.5 Å². The molecule has 3 saturated heterocycles. The maximum Gasteiger partial charge on any atom is 0.254 e. The van der Waals surface area contributed by atoms with Crippen molar-refractivity contribution in [2.75, 3.05) is 59.5 Å². The van der Waals surface area contributed by atoms with Gasteiger partial charge in [-0.15, -0.1) is 0 Å². The quantitative estimate of drug-likeness (QED) is 0.395. The van der Waals surface area contributed by atoms with E-state index in [0.29, 0.717) is 37.8 Å². The molecule has 1 aromatic heterocycles. The first-order chi connectivity index (χ1) is 22.3. The highest BCUT2D eigenvalue weighted by molar-refractivity contribution is 5.96. The monoisotopic (exact) mass is 623 g/mol. The van der Waals surface area contributed by atoms with E-state index in [1.165, 1.54) is 5.56 Å². The van der Waals surface area contributed by atoms with Gasteiger partial charge >= 0.3 is 0 Å². The minimum Gasteiger partial charge on any atom is -0.497 e. The lowest BCUT2D eigenvalue weighted by molar-refractivity contribution is -0.141. The van der Waals surface area contributed by atoms with Gasteiger partial charge in [0, 0.05) is 87.9 Å². The number of likely N-dealkylation sites (tertiary alicyclic amines) is 2. The number of methoxy groups -OCH3 is 1. The molecular formula is C37H45N5O4. The molecular weight excluding hydrogens is 578 g/mol. The van der Waals surface area contributed by atoms with Crippen molar-refractivity contribution < 1.29 is 19.1 Å². The second kappa shape index (κ2) is 14.0. The Hall–Kier alpha value is -4.24. The van der Waals surface area contributed by atoms with E-state index in [1.807, 2.05) is 51.1 Å². The number of carbonyl (C=O) groups excluding carboxylic acids is 3. The largest absolute Gasteiger partial charge is 0.497 e. The van der Waals surface area contributed by atoms with Crippen LogP contribution < -0.4 is 4.74 Å². The number of amides is 3. The summed E-state index contributed by atoms with van der Waals surface area (Å²) in [6.07, 6.45) is 3.45. The van der Waals surface area contributed by atoms with Gasteiger partial charge in [-0.25, -0.2) is 4.98 Å². The van der Waals surface area contributed by atoms with Crippen molar-refractivity contribution in [2.24, 2.45) is 5.92 Å². The van der Waals surface area contributed by atoms with Crippen molar-refractivity contribution in [2.45, 2.75) is 45.6 Å². The molecule has 9 heteroatoms. The van der Waals surface area contributed by atoms with Crippen molar-refractivity contribution in [1.29, 1.82) is 0 Å². The lowest BCUT2D eigenvalue weighted by atomic mass is 9.93. The molecule has 0 saturated carbocycles. The highest BCUT2D eigenvalue weighted by Gasteiger charge is 2.34. The third-order valence-corrected chi connectivity index (χ3v) is 9.99. The van der Waals surface area contributed by atoms with Crippen LogP contribution in [0.2, 0.25) is 0 Å². The molecule has 6 rings (SSSR count). The van der Waals surface area contributed by atoms with Gasteiger partial charge in [0.1, 0.15) is 5.75 Å². The fourth-order valence-corrected chi connectivity index (χ4v) is 7.06. The zero-order valence-electron chi connectivity index (χ0n) is 27.3. The van der Waals surface area contributed by atoms with Crippen LogP contribution in [0.15, 0.2) is 60.7 Å². The number of aromatic nitrogens is 1. The Balaban J connectivity index is 1.08. The van der Waals surface area contributed by atoms with Crippen molar-refractivity contribution in [3.63, 3.8) is 0 Å². The van der Waals surface area contributed by atoms with Gasteiger partial charge in [0.15, 0.2) is 0 Å². The maximum absolute atomic E-state index is 13.9. The van der Waals surface area contributed by atoms with Gasteiger partial charge in [0.25, 0.3) is 5.91 Å². The summed E-state index contributed by atoms with van der Waals surface area (Å²) in [5.41, 5.74) is 5.26. The van der Waals surface area contributed by atoms with Crippen molar-refractivity contribution in [1.82, 2.24) is 24.6 Å². The van der Waals surface area contributed by atoms with E-state index >= 15 is 0 Å². The average Bonchev–Trinajstić information content (AvgIpc) is 3.11. The highest BCUT2D eigenvalue weighted by atomic mass is 16.5. The third-order valence-electron chi connectivity index (χ3n) is 9.99. The molecule has 0 aliphatic carbocycles. The number of aryl methyl sites for hydroxylation is 1. The Morgan fingerprint density at radius 1 is 0.696 bits per heavy atom. The van der Waals surface area contributed by atoms with Crippen LogP contribution in [-0.2, 0) is 9.59 Å². The average molecular weight is 624 g/mol. The predicted octanol–water partition coefficient (Wildman–Crippen LogP) is 4.74. The van der Waals surface area contributed by atoms with Crippen LogP contribution in [-0.4, -0.2) is 108 Å². The van der Waals surface area contributed by atoms with Gasteiger partial charge < -0.3 is 19.4 Å². The molecule has 9 nitrogen and oxygen atoms in total. The molecule has 4 heterocycles. The Bertz CT molecular complexity index is 1530. The molecule has 3 aliphatic heterocycles. The fraction of sp³-hybridized carbons (Fsp3) is 0.459. The van der Waals surface area contributed by atoms with E-state index in [1.54, 1.807) is 14.0 Å². The molecule has 3 aromatic rings. The SMILES string of the molecule is COc1ccc(-c2cc(C(=O)N3CCN(C4CCN(C(=O)C5CCN(C(C)=O)CC5)CC4)CC3)cc(-c3ccc(C)cc3)n2)cc1. The second-order valence-electron chi connectivity index (χ2n) is 12.9. The minimum atomic E-state index is 0.0291. The van der Waals surface area contributed by atoms with Crippen LogP contribution in [0.4, 0.5) is 0 Å². The minimum absolute atomic E-state index is 0.0291. The molecule has 0 atom stereocenters. The fourth-order valence-electron chi connectivity index (χ4n) is 7.06. The molecule has 0 bridgehead atoms. The summed E-state index contributed by atoms with van der Waals surface area (Å²) in [5, 5.41) is 0. The number of carbonyl (C=O) groups is 3. The number of pyridine rings is 1. The third kappa shape index (κ3) is 7.09. The van der Waals surface area contributed by atoms with Gasteiger partial charge in [-0.2, -0.15) is 0 Å². The summed E-state index contributed by atoms with van der Waals surface area (Å²) in [5.74, 6) is 1.19. The van der Waals surface area contributed by atoms with Crippen molar-refractivity contribution in [3.8, 4) is 28.3 Å². The molecule has 46 heavy (non-hydrogen) atoms. The van der Waals surface area contributed by atoms with Crippen LogP contribution in [0.3, 0.4) is 0 Å². The summed E-state index contributed by atoms with van der Waals surface area (Å²) in [6.45, 7) is 9.59. The molecule has 0 unspecified atom stereocenters. The molecule has 2 aromatic carbocycles. The van der Waals surface area contributed by atoms with Crippen LogP contribution in [0.25, 0.3) is 22.5 Å². The van der Waals surface area contributed by atoms with E-state index in [9.17, 15) is 14.4 Å². The molecule has 3 amide bonds. The number of nitrogens with zero attached hydrogens (tertiary/aromatic N) is 5. The van der Waals surface area contributed by atoms with Crippen LogP contribution in [0, 0.1) is 12.8 Å². The lowest BCUT2D eigenvalue weighted by Crippen LogP contribution is -2.55. The number of piperazine rings is 1. The number of ether oxygens (including phenoxy) is 1. The standard InChI is InChI=1S/C37H45N5O4/c1-26-4-6-28(7-5-26)34-24-31(25-35(38-34)29-8-10-33(46-3)11-9-29)37(45)42-22-20-40(21-23-42)32-14-18-41(19-15-32)36(44)30-12-16-39(17-13-30)27(2)43/h4-11,24-25,30,32H,12-23H2,1-3H3. The number of piperidine rings is 2. The van der Waals surface area contributed by atoms with E-state index < -0.39 is 0 Å². The van der Waals surface area contributed by atoms with E-state index in [2.05, 4.69) is 36.1 Å². The summed E-state index contributed by atoms with van der Waals surface area (Å²) in [7, 11) is 1.65. The van der Waals surface area contributed by atoms with Crippen molar-refractivity contribution in [3.05, 3.63) is 71.8 Å². The number of benzene rings is 2. The van der Waals surface area contributed by atoms with E-state index in [0.717, 1.165) is 80.1 Å². The molecule has 0 radical (unpaired) electrons. The first-order valence-corrected chi connectivity index (χ1v) is 16.6. The smallest absolute Gasteiger partial charge is 0.254 e. The Kier molecular flexibility index (Phi) is 9.68. The normalized spacial score (nSPS) is 18.5. The maximum atomic E-state index is 13.9. The molecule has 0 N–H and O–H groups in total. The first kappa shape index (κ1) is 31.7. The Labute approximate surface area is 272 Å². The highest BCUT2D eigenvalue weighted by Crippen LogP contribution is 2.28. The molecule has 242 valence electrons. The van der Waals surface area contributed by atoms with Gasteiger partial charge in [0.2, 0.25) is 11.8 Å². The Morgan fingerprint density at radius 2 is 1.24 bits per heavy atom. The molecule has 3 aliphatic rings. The van der Waals surface area contributed by atoms with Gasteiger partial charge in [-0.05, 0) is 69.0 Å². The summed E-state index contributed by atoms with van der Waals surface area (Å²) >= 11 is 0. The summed E-state index contributed by atoms with van der Waals surface area (Å²) in [6, 6.07) is 20.3. The van der Waals surface area contributed by atoms with Crippen LogP contribution >= 0.6 is 0 Å². The van der Waals surface area contributed by atoms with Gasteiger partial charge in [-0.1, -0.05) is 29.8 Å². The topological polar surface area (TPSA) is 86.3 Å². The van der Waals surface area contributed by atoms with Crippen LogP contribution in [0.5, 0.6) is 5.75 Å². The van der Waals surface area contributed by atoms with Crippen molar-refractivity contribution >= 4 is 17.7 Å². The predicted molar refractivity (Wildman–Crippen MR) is 178 cm³/mol. The first-order valence-electron chi connectivity index (χ1n) is 16.6. The molecule has 0 spiro atoms. The summed E-state index contributed by atoms with van der Waals surface area (Å²) < 4.78 is 5.34. The molecule has 3 fully saturated rings. The second-order valence-corrected chi connectivity index (χ2v) is 12.9. The zero-order chi connectivity index (χ0) is 32.2. The Morgan fingerprint density at radius 3 is 1.78 bits per heavy atom. The van der Waals surface area contributed by atoms with E-state index in [-0.39, 0.29) is 23.6 Å². The number of hydrogen-bond donors (Lipinski definition) is 0. The summed E-state index contributed by atoms with van der Waals surface area (Å²) in [4.78, 5) is 52.1. The number of hydrogen-bond acceptors (Lipinski definition) is 6.